The monoisotopic (exact) mass is 283 g/mol. The molecular formula is C17H33NS. The number of hydrogen-bond donors (Lipinski definition) is 1. The van der Waals surface area contributed by atoms with Gasteiger partial charge in [-0.25, -0.2) is 0 Å². The normalized spacial score (nSPS) is 34.1. The van der Waals surface area contributed by atoms with Crippen molar-refractivity contribution in [2.45, 2.75) is 82.9 Å². The first-order valence-electron chi connectivity index (χ1n) is 8.23. The van der Waals surface area contributed by atoms with E-state index in [0.29, 0.717) is 10.2 Å². The standard InChI is InChI=1S/C17H33NS/c1-14-10-15(12-16(2,3)11-14)18-13-17(19-4)8-6-5-7-9-17/h14-15,18H,5-13H2,1-4H3. The van der Waals surface area contributed by atoms with Gasteiger partial charge in [-0.2, -0.15) is 11.8 Å². The molecule has 1 nitrogen and oxygen atoms in total. The van der Waals surface area contributed by atoms with E-state index in [1.54, 1.807) is 0 Å². The van der Waals surface area contributed by atoms with Crippen molar-refractivity contribution in [2.75, 3.05) is 12.8 Å². The van der Waals surface area contributed by atoms with Gasteiger partial charge in [0.25, 0.3) is 0 Å². The fraction of sp³-hybridized carbons (Fsp3) is 1.00. The molecule has 0 aromatic rings. The summed E-state index contributed by atoms with van der Waals surface area (Å²) in [7, 11) is 0. The molecule has 2 rings (SSSR count). The van der Waals surface area contributed by atoms with E-state index in [9.17, 15) is 0 Å². The van der Waals surface area contributed by atoms with Gasteiger partial charge in [-0.05, 0) is 49.7 Å². The van der Waals surface area contributed by atoms with Crippen LogP contribution in [0.1, 0.15) is 72.1 Å². The van der Waals surface area contributed by atoms with Gasteiger partial charge in [0.15, 0.2) is 0 Å². The van der Waals surface area contributed by atoms with Crippen LogP contribution in [-0.2, 0) is 0 Å². The lowest BCUT2D eigenvalue weighted by molar-refractivity contribution is 0.148. The molecule has 2 aliphatic carbocycles. The van der Waals surface area contributed by atoms with Crippen molar-refractivity contribution in [2.24, 2.45) is 11.3 Å². The molecule has 2 heteroatoms. The molecule has 19 heavy (non-hydrogen) atoms. The Kier molecular flexibility index (Phi) is 5.28. The summed E-state index contributed by atoms with van der Waals surface area (Å²) in [6.45, 7) is 8.56. The zero-order chi connectivity index (χ0) is 13.9. The van der Waals surface area contributed by atoms with Gasteiger partial charge >= 0.3 is 0 Å². The molecule has 0 heterocycles. The predicted octanol–water partition coefficient (Wildman–Crippen LogP) is 4.86. The van der Waals surface area contributed by atoms with Crippen LogP contribution < -0.4 is 5.32 Å². The van der Waals surface area contributed by atoms with Crippen LogP contribution in [0.25, 0.3) is 0 Å². The number of thioether (sulfide) groups is 1. The van der Waals surface area contributed by atoms with Crippen LogP contribution in [0.2, 0.25) is 0 Å². The molecule has 0 aromatic heterocycles. The molecule has 0 spiro atoms. The van der Waals surface area contributed by atoms with E-state index < -0.39 is 0 Å². The van der Waals surface area contributed by atoms with Crippen LogP contribution in [0.4, 0.5) is 0 Å². The minimum absolute atomic E-state index is 0.536. The summed E-state index contributed by atoms with van der Waals surface area (Å²) in [5, 5.41) is 3.95. The molecule has 0 bridgehead atoms. The highest BCUT2D eigenvalue weighted by Gasteiger charge is 2.35. The van der Waals surface area contributed by atoms with Gasteiger partial charge < -0.3 is 5.32 Å². The second-order valence-electron chi connectivity index (χ2n) is 7.94. The van der Waals surface area contributed by atoms with Crippen molar-refractivity contribution >= 4 is 11.8 Å². The van der Waals surface area contributed by atoms with Crippen molar-refractivity contribution < 1.29 is 0 Å². The van der Waals surface area contributed by atoms with Gasteiger partial charge in [-0.3, -0.25) is 0 Å². The Morgan fingerprint density at radius 1 is 1.11 bits per heavy atom. The third kappa shape index (κ3) is 4.39. The maximum atomic E-state index is 3.95. The average Bonchev–Trinajstić information content (AvgIpc) is 2.35. The molecule has 2 unspecified atom stereocenters. The summed E-state index contributed by atoms with van der Waals surface area (Å²) in [5.41, 5.74) is 0.536. The molecule has 0 radical (unpaired) electrons. The predicted molar refractivity (Wildman–Crippen MR) is 87.9 cm³/mol. The Bertz CT molecular complexity index is 281. The Morgan fingerprint density at radius 3 is 2.37 bits per heavy atom. The van der Waals surface area contributed by atoms with E-state index >= 15 is 0 Å². The Labute approximate surface area is 124 Å². The van der Waals surface area contributed by atoms with Crippen LogP contribution in [-0.4, -0.2) is 23.6 Å². The third-order valence-corrected chi connectivity index (χ3v) is 6.72. The second kappa shape index (κ2) is 6.39. The van der Waals surface area contributed by atoms with Gasteiger partial charge in [-0.15, -0.1) is 0 Å². The van der Waals surface area contributed by atoms with E-state index in [1.807, 2.05) is 0 Å². The van der Waals surface area contributed by atoms with Gasteiger partial charge in [-0.1, -0.05) is 40.0 Å². The summed E-state index contributed by atoms with van der Waals surface area (Å²) in [5.74, 6) is 0.887. The van der Waals surface area contributed by atoms with Crippen molar-refractivity contribution in [1.82, 2.24) is 5.32 Å². The molecule has 0 aromatic carbocycles. The molecule has 2 atom stereocenters. The molecule has 2 fully saturated rings. The molecular weight excluding hydrogens is 250 g/mol. The fourth-order valence-corrected chi connectivity index (χ4v) is 5.41. The smallest absolute Gasteiger partial charge is 0.0281 e. The summed E-state index contributed by atoms with van der Waals surface area (Å²) in [6, 6.07) is 0.754. The SMILES string of the molecule is CSC1(CNC2CC(C)CC(C)(C)C2)CCCCC1. The van der Waals surface area contributed by atoms with Crippen LogP contribution in [0.15, 0.2) is 0 Å². The third-order valence-electron chi connectivity index (χ3n) is 5.30. The zero-order valence-corrected chi connectivity index (χ0v) is 14.2. The first kappa shape index (κ1) is 15.7. The second-order valence-corrected chi connectivity index (χ2v) is 9.21. The Hall–Kier alpha value is 0.310. The van der Waals surface area contributed by atoms with Crippen molar-refractivity contribution in [3.8, 4) is 0 Å². The lowest BCUT2D eigenvalue weighted by Gasteiger charge is -2.42. The first-order chi connectivity index (χ1) is 8.95. The summed E-state index contributed by atoms with van der Waals surface area (Å²) in [6.07, 6.45) is 13.6. The topological polar surface area (TPSA) is 12.0 Å². The van der Waals surface area contributed by atoms with Crippen LogP contribution in [0.5, 0.6) is 0 Å². The molecule has 0 amide bonds. The van der Waals surface area contributed by atoms with Crippen molar-refractivity contribution in [3.63, 3.8) is 0 Å². The van der Waals surface area contributed by atoms with Crippen molar-refractivity contribution in [1.29, 1.82) is 0 Å². The Balaban J connectivity index is 1.86. The van der Waals surface area contributed by atoms with Crippen molar-refractivity contribution in [3.05, 3.63) is 0 Å². The Morgan fingerprint density at radius 2 is 1.79 bits per heavy atom. The number of rotatable bonds is 4. The summed E-state index contributed by atoms with van der Waals surface area (Å²) < 4.78 is 0.545. The fourth-order valence-electron chi connectivity index (χ4n) is 4.48. The van der Waals surface area contributed by atoms with E-state index in [-0.39, 0.29) is 0 Å². The average molecular weight is 284 g/mol. The van der Waals surface area contributed by atoms with Crippen LogP contribution in [0, 0.1) is 11.3 Å². The quantitative estimate of drug-likeness (QED) is 0.791. The van der Waals surface area contributed by atoms with E-state index in [4.69, 9.17) is 0 Å². The maximum Gasteiger partial charge on any atom is 0.0281 e. The molecule has 0 aliphatic heterocycles. The number of hydrogen-bond acceptors (Lipinski definition) is 2. The van der Waals surface area contributed by atoms with E-state index in [1.165, 1.54) is 57.9 Å². The highest BCUT2D eigenvalue weighted by molar-refractivity contribution is 8.00. The number of nitrogens with one attached hydrogen (secondary N) is 1. The molecule has 2 saturated carbocycles. The van der Waals surface area contributed by atoms with Gasteiger partial charge in [0.05, 0.1) is 0 Å². The maximum absolute atomic E-state index is 3.95. The lowest BCUT2D eigenvalue weighted by Crippen LogP contribution is -2.47. The van der Waals surface area contributed by atoms with Gasteiger partial charge in [0.2, 0.25) is 0 Å². The highest BCUT2D eigenvalue weighted by atomic mass is 32.2. The minimum atomic E-state index is 0.536. The first-order valence-corrected chi connectivity index (χ1v) is 9.46. The van der Waals surface area contributed by atoms with Crippen LogP contribution in [0.3, 0.4) is 0 Å². The van der Waals surface area contributed by atoms with Gasteiger partial charge in [0.1, 0.15) is 0 Å². The summed E-state index contributed by atoms with van der Waals surface area (Å²) in [4.78, 5) is 0. The van der Waals surface area contributed by atoms with Gasteiger partial charge in [0, 0.05) is 17.3 Å². The van der Waals surface area contributed by atoms with E-state index in [2.05, 4.69) is 44.1 Å². The minimum Gasteiger partial charge on any atom is -0.313 e. The molecule has 0 saturated heterocycles. The highest BCUT2D eigenvalue weighted by Crippen LogP contribution is 2.41. The molecule has 1 N–H and O–H groups in total. The molecule has 112 valence electrons. The zero-order valence-electron chi connectivity index (χ0n) is 13.4. The lowest BCUT2D eigenvalue weighted by atomic mass is 9.70. The van der Waals surface area contributed by atoms with Crippen LogP contribution >= 0.6 is 11.8 Å². The van der Waals surface area contributed by atoms with E-state index in [0.717, 1.165) is 12.0 Å². The summed E-state index contributed by atoms with van der Waals surface area (Å²) >= 11 is 2.12. The largest absolute Gasteiger partial charge is 0.313 e. The molecule has 2 aliphatic rings.